The highest BCUT2D eigenvalue weighted by molar-refractivity contribution is 7.99. The SMILES string of the molecule is O=C(CCNC(=O)[C@H]1CS[C@@H]2c3ccccc3C(=O)N12)Nc1ccc2[nH]ccc2c1. The van der Waals surface area contributed by atoms with Gasteiger partial charge in [0.2, 0.25) is 11.8 Å². The molecule has 3 aromatic rings. The minimum Gasteiger partial charge on any atom is -0.361 e. The molecule has 3 heterocycles. The summed E-state index contributed by atoms with van der Waals surface area (Å²) in [6, 6.07) is 14.6. The third kappa shape index (κ3) is 3.23. The van der Waals surface area contributed by atoms with Gasteiger partial charge in [-0.1, -0.05) is 18.2 Å². The molecule has 152 valence electrons. The highest BCUT2D eigenvalue weighted by Crippen LogP contribution is 2.47. The topological polar surface area (TPSA) is 94.3 Å². The molecule has 2 aliphatic rings. The zero-order chi connectivity index (χ0) is 20.7. The Bertz CT molecular complexity index is 1160. The van der Waals surface area contributed by atoms with Gasteiger partial charge in [-0.3, -0.25) is 14.4 Å². The van der Waals surface area contributed by atoms with Crippen LogP contribution in [0.25, 0.3) is 10.9 Å². The van der Waals surface area contributed by atoms with Gasteiger partial charge >= 0.3 is 0 Å². The minimum atomic E-state index is -0.515. The van der Waals surface area contributed by atoms with Crippen LogP contribution in [0.3, 0.4) is 0 Å². The molecule has 0 bridgehead atoms. The lowest BCUT2D eigenvalue weighted by molar-refractivity contribution is -0.124. The molecule has 1 aromatic heterocycles. The van der Waals surface area contributed by atoms with Crippen molar-refractivity contribution in [2.24, 2.45) is 0 Å². The molecule has 5 rings (SSSR count). The number of nitrogens with one attached hydrogen (secondary N) is 3. The van der Waals surface area contributed by atoms with Crippen molar-refractivity contribution in [3.8, 4) is 0 Å². The average Bonchev–Trinajstić information content (AvgIpc) is 3.45. The van der Waals surface area contributed by atoms with Crippen LogP contribution in [0.15, 0.2) is 54.7 Å². The van der Waals surface area contributed by atoms with Crippen LogP contribution >= 0.6 is 11.8 Å². The smallest absolute Gasteiger partial charge is 0.256 e. The number of carbonyl (C=O) groups is 3. The summed E-state index contributed by atoms with van der Waals surface area (Å²) < 4.78 is 0. The van der Waals surface area contributed by atoms with E-state index >= 15 is 0 Å². The number of fused-ring (bicyclic) bond motifs is 4. The Morgan fingerprint density at radius 1 is 1.17 bits per heavy atom. The summed E-state index contributed by atoms with van der Waals surface area (Å²) >= 11 is 1.60. The molecule has 2 aliphatic heterocycles. The fraction of sp³-hybridized carbons (Fsp3) is 0.227. The van der Waals surface area contributed by atoms with Crippen LogP contribution in [-0.2, 0) is 9.59 Å². The van der Waals surface area contributed by atoms with E-state index in [2.05, 4.69) is 15.6 Å². The Morgan fingerprint density at radius 2 is 2.03 bits per heavy atom. The zero-order valence-electron chi connectivity index (χ0n) is 16.1. The molecule has 7 nitrogen and oxygen atoms in total. The molecule has 0 aliphatic carbocycles. The van der Waals surface area contributed by atoms with E-state index in [1.54, 1.807) is 22.7 Å². The molecule has 30 heavy (non-hydrogen) atoms. The Kier molecular flexibility index (Phi) is 4.71. The summed E-state index contributed by atoms with van der Waals surface area (Å²) in [5.41, 5.74) is 3.37. The van der Waals surface area contributed by atoms with Crippen LogP contribution in [0.5, 0.6) is 0 Å². The van der Waals surface area contributed by atoms with Crippen molar-refractivity contribution in [3.05, 3.63) is 65.9 Å². The molecule has 0 unspecified atom stereocenters. The predicted molar refractivity (Wildman–Crippen MR) is 116 cm³/mol. The number of aromatic amines is 1. The summed E-state index contributed by atoms with van der Waals surface area (Å²) in [7, 11) is 0. The second-order valence-electron chi connectivity index (χ2n) is 7.37. The first-order valence-corrected chi connectivity index (χ1v) is 10.8. The van der Waals surface area contributed by atoms with Crippen molar-refractivity contribution < 1.29 is 14.4 Å². The zero-order valence-corrected chi connectivity index (χ0v) is 16.9. The number of amides is 3. The van der Waals surface area contributed by atoms with Crippen LogP contribution in [-0.4, -0.2) is 45.9 Å². The van der Waals surface area contributed by atoms with Gasteiger partial charge in [0.25, 0.3) is 5.91 Å². The van der Waals surface area contributed by atoms with Crippen molar-refractivity contribution in [1.82, 2.24) is 15.2 Å². The molecule has 8 heteroatoms. The van der Waals surface area contributed by atoms with Crippen LogP contribution in [0.4, 0.5) is 5.69 Å². The van der Waals surface area contributed by atoms with E-state index in [0.717, 1.165) is 16.5 Å². The molecular weight excluding hydrogens is 400 g/mol. The first kappa shape index (κ1) is 18.7. The number of carbonyl (C=O) groups excluding carboxylic acids is 3. The van der Waals surface area contributed by atoms with Crippen LogP contribution in [0.1, 0.15) is 27.7 Å². The lowest BCUT2D eigenvalue weighted by Crippen LogP contribution is -2.46. The maximum Gasteiger partial charge on any atom is 0.256 e. The highest BCUT2D eigenvalue weighted by Gasteiger charge is 2.48. The summed E-state index contributed by atoms with van der Waals surface area (Å²) in [5, 5.41) is 6.58. The number of H-pyrrole nitrogens is 1. The first-order valence-electron chi connectivity index (χ1n) is 9.80. The largest absolute Gasteiger partial charge is 0.361 e. The molecule has 0 saturated carbocycles. The Labute approximate surface area is 177 Å². The third-order valence-electron chi connectivity index (χ3n) is 5.48. The van der Waals surface area contributed by atoms with Gasteiger partial charge < -0.3 is 20.5 Å². The number of hydrogen-bond donors (Lipinski definition) is 3. The van der Waals surface area contributed by atoms with Crippen molar-refractivity contribution >= 4 is 46.1 Å². The Morgan fingerprint density at radius 3 is 2.93 bits per heavy atom. The Hall–Kier alpha value is -3.26. The summed E-state index contributed by atoms with van der Waals surface area (Å²) in [5.74, 6) is 0.0688. The fourth-order valence-corrected chi connectivity index (χ4v) is 5.48. The molecule has 1 fully saturated rings. The van der Waals surface area contributed by atoms with E-state index in [1.807, 2.05) is 48.7 Å². The molecule has 3 N–H and O–H groups in total. The van der Waals surface area contributed by atoms with E-state index in [1.165, 1.54) is 0 Å². The van der Waals surface area contributed by atoms with E-state index in [0.29, 0.717) is 17.0 Å². The van der Waals surface area contributed by atoms with Gasteiger partial charge in [-0.25, -0.2) is 0 Å². The van der Waals surface area contributed by atoms with Gasteiger partial charge in [0.1, 0.15) is 11.4 Å². The molecule has 2 atom stereocenters. The fourth-order valence-electron chi connectivity index (χ4n) is 4.01. The normalized spacial score (nSPS) is 19.6. The number of thioether (sulfide) groups is 1. The van der Waals surface area contributed by atoms with Crippen molar-refractivity contribution in [2.75, 3.05) is 17.6 Å². The van der Waals surface area contributed by atoms with E-state index in [4.69, 9.17) is 0 Å². The number of aromatic nitrogens is 1. The number of hydrogen-bond acceptors (Lipinski definition) is 4. The molecule has 3 amide bonds. The average molecular weight is 420 g/mol. The third-order valence-corrected chi connectivity index (χ3v) is 6.79. The number of benzene rings is 2. The number of rotatable bonds is 5. The van der Waals surface area contributed by atoms with E-state index < -0.39 is 6.04 Å². The van der Waals surface area contributed by atoms with Crippen LogP contribution in [0, 0.1) is 0 Å². The van der Waals surface area contributed by atoms with Gasteiger partial charge in [-0.2, -0.15) is 0 Å². The maximum absolute atomic E-state index is 12.7. The highest BCUT2D eigenvalue weighted by atomic mass is 32.2. The van der Waals surface area contributed by atoms with E-state index in [-0.39, 0.29) is 36.1 Å². The lowest BCUT2D eigenvalue weighted by Gasteiger charge is -2.22. The second-order valence-corrected chi connectivity index (χ2v) is 8.48. The molecule has 0 spiro atoms. The molecule has 2 aromatic carbocycles. The monoisotopic (exact) mass is 420 g/mol. The summed E-state index contributed by atoms with van der Waals surface area (Å²) in [4.78, 5) is 42.4. The van der Waals surface area contributed by atoms with Crippen molar-refractivity contribution in [2.45, 2.75) is 17.8 Å². The standard InChI is InChI=1S/C22H20N4O3S/c27-19(25-14-5-6-17-13(11-14)7-9-23-17)8-10-24-20(28)18-12-30-22-16-4-2-1-3-15(16)21(29)26(18)22/h1-7,9,11,18,22-23H,8,10,12H2,(H,24,28)(H,25,27)/t18-,22-/m1/s1. The van der Waals surface area contributed by atoms with E-state index in [9.17, 15) is 14.4 Å². The van der Waals surface area contributed by atoms with Crippen molar-refractivity contribution in [1.29, 1.82) is 0 Å². The van der Waals surface area contributed by atoms with Gasteiger partial charge in [-0.05, 0) is 35.9 Å². The maximum atomic E-state index is 12.7. The van der Waals surface area contributed by atoms with Crippen molar-refractivity contribution in [3.63, 3.8) is 0 Å². The lowest BCUT2D eigenvalue weighted by atomic mass is 10.1. The van der Waals surface area contributed by atoms with Gasteiger partial charge in [0.05, 0.1) is 0 Å². The minimum absolute atomic E-state index is 0.0985. The Balaban J connectivity index is 1.15. The quantitative estimate of drug-likeness (QED) is 0.592. The summed E-state index contributed by atoms with van der Waals surface area (Å²) in [6.45, 7) is 0.220. The number of anilines is 1. The predicted octanol–water partition coefficient (Wildman–Crippen LogP) is 2.88. The van der Waals surface area contributed by atoms with Gasteiger partial charge in [0.15, 0.2) is 0 Å². The number of nitrogens with zero attached hydrogens (tertiary/aromatic N) is 1. The van der Waals surface area contributed by atoms with Crippen LogP contribution < -0.4 is 10.6 Å². The second kappa shape index (κ2) is 7.53. The van der Waals surface area contributed by atoms with Crippen LogP contribution in [0.2, 0.25) is 0 Å². The molecule has 0 radical (unpaired) electrons. The summed E-state index contributed by atoms with van der Waals surface area (Å²) in [6.07, 6.45) is 2.01. The first-order chi connectivity index (χ1) is 14.6. The van der Waals surface area contributed by atoms with Gasteiger partial charge in [-0.15, -0.1) is 11.8 Å². The van der Waals surface area contributed by atoms with Gasteiger partial charge in [0, 0.05) is 47.1 Å². The molecule has 1 saturated heterocycles. The molecular formula is C22H20N4O3S.